The molecule has 9 aromatic rings. The van der Waals surface area contributed by atoms with Gasteiger partial charge in [0, 0.05) is 32.8 Å². The van der Waals surface area contributed by atoms with E-state index in [9.17, 15) is 0 Å². The molecule has 1 N–H and O–H groups in total. The summed E-state index contributed by atoms with van der Waals surface area (Å²) in [6, 6.07) is 59.1. The van der Waals surface area contributed by atoms with Gasteiger partial charge in [-0.3, -0.25) is 0 Å². The van der Waals surface area contributed by atoms with Gasteiger partial charge in [0.25, 0.3) is 0 Å². The van der Waals surface area contributed by atoms with E-state index < -0.39 is 6.17 Å². The zero-order valence-electron chi connectivity index (χ0n) is 27.0. The summed E-state index contributed by atoms with van der Waals surface area (Å²) in [6.07, 6.45) is -0.508. The van der Waals surface area contributed by atoms with Crippen LogP contribution in [0.1, 0.15) is 22.9 Å². The maximum absolute atomic E-state index is 6.64. The lowest BCUT2D eigenvalue weighted by Gasteiger charge is -2.23. The Labute approximate surface area is 288 Å². The molecule has 0 unspecified atom stereocenters. The highest BCUT2D eigenvalue weighted by Gasteiger charge is 2.25. The highest BCUT2D eigenvalue weighted by molar-refractivity contribution is 6.19. The number of nitrogens with one attached hydrogen (secondary N) is 1. The molecule has 1 aliphatic rings. The van der Waals surface area contributed by atoms with Crippen molar-refractivity contribution in [1.82, 2.24) is 9.88 Å². The van der Waals surface area contributed by atoms with Gasteiger partial charge in [-0.1, -0.05) is 140 Å². The molecule has 0 radical (unpaired) electrons. The van der Waals surface area contributed by atoms with Gasteiger partial charge in [-0.05, 0) is 41.5 Å². The Morgan fingerprint density at radius 1 is 0.480 bits per heavy atom. The number of amidine groups is 2. The zero-order valence-corrected chi connectivity index (χ0v) is 27.0. The van der Waals surface area contributed by atoms with Crippen LogP contribution < -0.4 is 5.32 Å². The van der Waals surface area contributed by atoms with Crippen LogP contribution in [0.15, 0.2) is 184 Å². The lowest BCUT2D eigenvalue weighted by molar-refractivity contribution is 0.665. The summed E-state index contributed by atoms with van der Waals surface area (Å²) in [5.74, 6) is 1.56. The molecule has 10 rings (SSSR count). The zero-order chi connectivity index (χ0) is 33.0. The summed E-state index contributed by atoms with van der Waals surface area (Å²) in [5, 5.41) is 8.08. The normalized spacial score (nSPS) is 13.5. The quantitative estimate of drug-likeness (QED) is 0.203. The number of para-hydroxylation sites is 2. The van der Waals surface area contributed by atoms with E-state index in [0.717, 1.165) is 67.0 Å². The number of aromatic nitrogens is 1. The summed E-state index contributed by atoms with van der Waals surface area (Å²) >= 11 is 0. The number of nitrogens with zero attached hydrogens (tertiary/aromatic N) is 3. The number of furan rings is 1. The fourth-order valence-electron chi connectivity index (χ4n) is 7.40. The molecule has 0 fully saturated rings. The van der Waals surface area contributed by atoms with Gasteiger partial charge in [0.2, 0.25) is 0 Å². The van der Waals surface area contributed by atoms with E-state index in [2.05, 4.69) is 131 Å². The Morgan fingerprint density at radius 3 is 1.76 bits per heavy atom. The molecule has 0 aliphatic carbocycles. The molecule has 236 valence electrons. The van der Waals surface area contributed by atoms with Crippen molar-refractivity contribution in [2.45, 2.75) is 6.17 Å². The van der Waals surface area contributed by atoms with E-state index in [4.69, 9.17) is 14.4 Å². The Kier molecular flexibility index (Phi) is 6.49. The first kappa shape index (κ1) is 28.3. The minimum atomic E-state index is -0.508. The monoisotopic (exact) mass is 642 g/mol. The second kappa shape index (κ2) is 11.5. The van der Waals surface area contributed by atoms with Crippen molar-refractivity contribution in [1.29, 1.82) is 0 Å². The Hall–Kier alpha value is -6.72. The topological polar surface area (TPSA) is 54.8 Å². The van der Waals surface area contributed by atoms with E-state index in [1.165, 1.54) is 21.9 Å². The van der Waals surface area contributed by atoms with Gasteiger partial charge in [-0.2, -0.15) is 0 Å². The first-order valence-corrected chi connectivity index (χ1v) is 16.9. The first-order valence-electron chi connectivity index (χ1n) is 16.9. The predicted octanol–water partition coefficient (Wildman–Crippen LogP) is 10.8. The smallest absolute Gasteiger partial charge is 0.169 e. The van der Waals surface area contributed by atoms with Crippen molar-refractivity contribution in [3.05, 3.63) is 187 Å². The molecular formula is C45H30N4O. The molecule has 5 heteroatoms. The molecular weight excluding hydrogens is 613 g/mol. The molecule has 2 aromatic heterocycles. The summed E-state index contributed by atoms with van der Waals surface area (Å²) in [4.78, 5) is 10.5. The van der Waals surface area contributed by atoms with Crippen LogP contribution in [0, 0.1) is 0 Å². The van der Waals surface area contributed by atoms with Gasteiger partial charge >= 0.3 is 0 Å². The number of hydrogen-bond acceptors (Lipinski definition) is 4. The lowest BCUT2D eigenvalue weighted by Crippen LogP contribution is -2.36. The SMILES string of the molecule is c1ccc(C2=NC(c3cc(-n4c5ccccc5c5c(-c6ccccc6)cccc54)c4c(c3)oc3ccccc34)N=C(c3ccccc3)N2)cc1. The number of rotatable bonds is 5. The molecule has 0 saturated carbocycles. The van der Waals surface area contributed by atoms with Gasteiger partial charge in [0.15, 0.2) is 6.17 Å². The third kappa shape index (κ3) is 4.55. The maximum atomic E-state index is 6.64. The van der Waals surface area contributed by atoms with Crippen molar-refractivity contribution >= 4 is 55.4 Å². The van der Waals surface area contributed by atoms with Crippen LogP contribution >= 0.6 is 0 Å². The summed E-state index contributed by atoms with van der Waals surface area (Å²) in [6.45, 7) is 0. The summed E-state index contributed by atoms with van der Waals surface area (Å²) in [7, 11) is 0. The standard InChI is InChI=1S/C45H30N4O/c1-4-15-29(16-5-1)33-23-14-25-37-41(33)34-21-10-12-24-36(34)49(37)38-27-32(28-40-42(38)35-22-11-13-26-39(35)50-40)45-47-43(30-17-6-2-7-18-30)46-44(48-45)31-19-8-3-9-20-31/h1-28,45H,(H,46,47,48). The van der Waals surface area contributed by atoms with Crippen molar-refractivity contribution in [2.24, 2.45) is 9.98 Å². The van der Waals surface area contributed by atoms with Gasteiger partial charge in [-0.15, -0.1) is 0 Å². The van der Waals surface area contributed by atoms with Crippen LogP contribution in [0.5, 0.6) is 0 Å². The van der Waals surface area contributed by atoms with Crippen molar-refractivity contribution in [2.75, 3.05) is 0 Å². The van der Waals surface area contributed by atoms with Crippen molar-refractivity contribution in [3.8, 4) is 16.8 Å². The minimum absolute atomic E-state index is 0.508. The van der Waals surface area contributed by atoms with Crippen molar-refractivity contribution in [3.63, 3.8) is 0 Å². The van der Waals surface area contributed by atoms with E-state index in [-0.39, 0.29) is 0 Å². The first-order chi connectivity index (χ1) is 24.8. The van der Waals surface area contributed by atoms with E-state index in [0.29, 0.717) is 0 Å². The van der Waals surface area contributed by atoms with Crippen molar-refractivity contribution < 1.29 is 4.42 Å². The number of aliphatic imine (C=N–C) groups is 2. The minimum Gasteiger partial charge on any atom is -0.456 e. The lowest BCUT2D eigenvalue weighted by atomic mass is 9.99. The molecule has 0 amide bonds. The number of hydrogen-bond donors (Lipinski definition) is 1. The Bertz CT molecular complexity index is 2720. The predicted molar refractivity (Wildman–Crippen MR) is 205 cm³/mol. The molecule has 0 bridgehead atoms. The molecule has 1 aliphatic heterocycles. The van der Waals surface area contributed by atoms with Gasteiger partial charge in [0.05, 0.1) is 22.1 Å². The average molecular weight is 643 g/mol. The number of fused-ring (bicyclic) bond motifs is 6. The van der Waals surface area contributed by atoms with Gasteiger partial charge in [0.1, 0.15) is 22.8 Å². The highest BCUT2D eigenvalue weighted by atomic mass is 16.3. The van der Waals surface area contributed by atoms with Gasteiger partial charge in [-0.25, -0.2) is 9.98 Å². The van der Waals surface area contributed by atoms with Gasteiger partial charge < -0.3 is 14.3 Å². The number of benzene rings is 7. The molecule has 0 atom stereocenters. The summed E-state index contributed by atoms with van der Waals surface area (Å²) in [5.41, 5.74) is 10.3. The van der Waals surface area contributed by atoms with Crippen LogP contribution in [-0.4, -0.2) is 16.2 Å². The second-order valence-corrected chi connectivity index (χ2v) is 12.6. The Morgan fingerprint density at radius 2 is 1.06 bits per heavy atom. The molecule has 0 saturated heterocycles. The average Bonchev–Trinajstić information content (AvgIpc) is 3.74. The molecule has 5 nitrogen and oxygen atoms in total. The van der Waals surface area contributed by atoms with Crippen LogP contribution in [0.3, 0.4) is 0 Å². The van der Waals surface area contributed by atoms with Crippen LogP contribution in [0.2, 0.25) is 0 Å². The third-order valence-corrected chi connectivity index (χ3v) is 9.64. The molecule has 7 aromatic carbocycles. The van der Waals surface area contributed by atoms with E-state index >= 15 is 0 Å². The maximum Gasteiger partial charge on any atom is 0.169 e. The van der Waals surface area contributed by atoms with E-state index in [1.807, 2.05) is 48.5 Å². The molecule has 3 heterocycles. The summed E-state index contributed by atoms with van der Waals surface area (Å²) < 4.78 is 9.04. The van der Waals surface area contributed by atoms with E-state index in [1.54, 1.807) is 0 Å². The highest BCUT2D eigenvalue weighted by Crippen LogP contribution is 2.43. The Balaban J connectivity index is 1.28. The third-order valence-electron chi connectivity index (χ3n) is 9.64. The molecule has 50 heavy (non-hydrogen) atoms. The second-order valence-electron chi connectivity index (χ2n) is 12.6. The van der Waals surface area contributed by atoms with Crippen LogP contribution in [-0.2, 0) is 0 Å². The fraction of sp³-hybridized carbons (Fsp3) is 0.0222. The largest absolute Gasteiger partial charge is 0.456 e. The molecule has 0 spiro atoms. The van der Waals surface area contributed by atoms with Crippen LogP contribution in [0.25, 0.3) is 60.6 Å². The fourth-order valence-corrected chi connectivity index (χ4v) is 7.40. The van der Waals surface area contributed by atoms with Crippen LogP contribution in [0.4, 0.5) is 0 Å².